The molecule has 0 aromatic carbocycles. The molecule has 1 aliphatic heterocycles. The maximum absolute atomic E-state index is 6.98. The highest BCUT2D eigenvalue weighted by Crippen LogP contribution is 2.42. The molecular weight excluding hydrogens is 769 g/mol. The molecule has 0 bridgehead atoms. The number of rotatable bonds is 19. The average molecular weight is 859 g/mol. The first-order valence-corrected chi connectivity index (χ1v) is 26.0. The molecule has 4 atom stereocenters. The smallest absolute Gasteiger partial charge is 0.0811 e. The second kappa shape index (κ2) is 24.2. The summed E-state index contributed by atoms with van der Waals surface area (Å²) in [5.74, 6) is 1.83. The zero-order valence-corrected chi connectivity index (χ0v) is 42.0. The first-order valence-electron chi connectivity index (χ1n) is 26.0. The van der Waals surface area contributed by atoms with Crippen LogP contribution in [0.25, 0.3) is 0 Å². The molecule has 1 fully saturated rings. The quantitative estimate of drug-likeness (QED) is 0.0951. The Morgan fingerprint density at radius 1 is 0.841 bits per heavy atom. The highest BCUT2D eigenvalue weighted by molar-refractivity contribution is 5.52. The predicted octanol–water partition coefficient (Wildman–Crippen LogP) is 15.4. The molecule has 0 radical (unpaired) electrons. The Hall–Kier alpha value is -3.44. The molecule has 348 valence electrons. The zero-order valence-electron chi connectivity index (χ0n) is 42.0. The van der Waals surface area contributed by atoms with Crippen molar-refractivity contribution in [2.45, 2.75) is 202 Å². The summed E-state index contributed by atoms with van der Waals surface area (Å²) in [6, 6.07) is 1.69. The van der Waals surface area contributed by atoms with Gasteiger partial charge in [-0.2, -0.15) is 0 Å². The van der Waals surface area contributed by atoms with Crippen molar-refractivity contribution < 1.29 is 4.84 Å². The van der Waals surface area contributed by atoms with E-state index in [4.69, 9.17) is 4.84 Å². The Bertz CT molecular complexity index is 1830. The lowest BCUT2D eigenvalue weighted by molar-refractivity contribution is -0.127. The first-order chi connectivity index (χ1) is 30.5. The van der Waals surface area contributed by atoms with Gasteiger partial charge in [0, 0.05) is 60.9 Å². The largest absolute Gasteiger partial charge is 0.381 e. The van der Waals surface area contributed by atoms with Crippen LogP contribution in [0.5, 0.6) is 0 Å². The minimum absolute atomic E-state index is 0.423. The summed E-state index contributed by atoms with van der Waals surface area (Å²) < 4.78 is 0. The normalized spacial score (nSPS) is 23.7. The SMILES string of the molecule is CC[C@@H](CCC/C(=C1\CN(OCC2C=CC=CCC2)C(C2=CC=C(N(C3=CCC=CCC3)C3CCCCCC3)CC2)=C1C)N(C)C)N(C1=C(C)C=C(C)CC1)C(C)CC(C)C(C)C. The van der Waals surface area contributed by atoms with Gasteiger partial charge in [0.15, 0.2) is 0 Å². The molecule has 0 spiro atoms. The standard InChI is InChI=1S/C58H90N4O/c1-11-51(61(47(7)40-45(5)43(2)3)56-38-33-44(4)39-46(56)6)31-24-32-57(59(9)10)55-41-60(63-42-49-25-18-12-13-19-26-49)58(48(55)8)50-34-36-54(37-35-50)62(52-27-20-14-15-21-28-52)53-29-22-16-17-23-30-53/h12-15,18,25,27,34,36,39,43,45,47,49,51,53H,11,16-17,19-24,26,28-33,35,37-38,40-42H2,1-10H3/b57-55-/t45?,47?,49?,51-/m0/s1. The van der Waals surface area contributed by atoms with Gasteiger partial charge in [-0.05, 0) is 171 Å². The lowest BCUT2D eigenvalue weighted by Gasteiger charge is -2.43. The van der Waals surface area contributed by atoms with Gasteiger partial charge in [0.1, 0.15) is 0 Å². The third-order valence-electron chi connectivity index (χ3n) is 15.6. The molecule has 5 nitrogen and oxygen atoms in total. The fourth-order valence-corrected chi connectivity index (χ4v) is 11.6. The Morgan fingerprint density at radius 3 is 2.33 bits per heavy atom. The van der Waals surface area contributed by atoms with Crippen LogP contribution in [0.4, 0.5) is 0 Å². The minimum atomic E-state index is 0.423. The highest BCUT2D eigenvalue weighted by atomic mass is 16.7. The van der Waals surface area contributed by atoms with Crippen molar-refractivity contribution in [3.63, 3.8) is 0 Å². The van der Waals surface area contributed by atoms with E-state index >= 15 is 0 Å². The molecule has 0 aromatic heterocycles. The summed E-state index contributed by atoms with van der Waals surface area (Å²) in [5.41, 5.74) is 14.8. The van der Waals surface area contributed by atoms with Gasteiger partial charge >= 0.3 is 0 Å². The second-order valence-corrected chi connectivity index (χ2v) is 20.9. The molecule has 0 aromatic rings. The molecule has 1 saturated carbocycles. The summed E-state index contributed by atoms with van der Waals surface area (Å²) >= 11 is 0. The third-order valence-corrected chi connectivity index (χ3v) is 15.6. The van der Waals surface area contributed by atoms with Gasteiger partial charge in [-0.15, -0.1) is 0 Å². The van der Waals surface area contributed by atoms with Crippen LogP contribution in [-0.4, -0.2) is 65.1 Å². The topological polar surface area (TPSA) is 22.2 Å². The summed E-state index contributed by atoms with van der Waals surface area (Å²) in [6.07, 6.45) is 48.0. The van der Waals surface area contributed by atoms with Gasteiger partial charge in [-0.3, -0.25) is 4.84 Å². The van der Waals surface area contributed by atoms with Crippen molar-refractivity contribution in [3.8, 4) is 0 Å². The van der Waals surface area contributed by atoms with E-state index in [0.717, 1.165) is 64.5 Å². The Balaban J connectivity index is 1.29. The fraction of sp³-hybridized carbons (Fsp3) is 0.655. The molecule has 5 heteroatoms. The zero-order chi connectivity index (χ0) is 44.9. The van der Waals surface area contributed by atoms with Gasteiger partial charge in [-0.25, -0.2) is 5.06 Å². The van der Waals surface area contributed by atoms with Crippen molar-refractivity contribution in [2.75, 3.05) is 27.2 Å². The molecule has 3 unspecified atom stereocenters. The monoisotopic (exact) mass is 859 g/mol. The van der Waals surface area contributed by atoms with Crippen LogP contribution in [0.1, 0.15) is 184 Å². The number of allylic oxidation sites excluding steroid dienone is 16. The van der Waals surface area contributed by atoms with E-state index in [1.807, 2.05) is 0 Å². The predicted molar refractivity (Wildman–Crippen MR) is 270 cm³/mol. The number of hydroxylamine groups is 2. The van der Waals surface area contributed by atoms with E-state index in [0.29, 0.717) is 35.9 Å². The fourth-order valence-electron chi connectivity index (χ4n) is 11.6. The summed E-state index contributed by atoms with van der Waals surface area (Å²) in [6.45, 7) is 20.8. The molecule has 5 aliphatic carbocycles. The third kappa shape index (κ3) is 13.1. The van der Waals surface area contributed by atoms with Gasteiger partial charge < -0.3 is 14.7 Å². The van der Waals surface area contributed by atoms with E-state index in [1.165, 1.54) is 122 Å². The maximum atomic E-state index is 6.98. The first kappa shape index (κ1) is 49.0. The van der Waals surface area contributed by atoms with Gasteiger partial charge in [0.05, 0.1) is 18.8 Å². The lowest BCUT2D eigenvalue weighted by atomic mass is 9.88. The molecule has 0 saturated heterocycles. The Morgan fingerprint density at radius 2 is 1.63 bits per heavy atom. The molecule has 1 heterocycles. The number of nitrogens with zero attached hydrogens (tertiary/aromatic N) is 4. The van der Waals surface area contributed by atoms with Crippen LogP contribution in [0.15, 0.2) is 117 Å². The molecule has 0 amide bonds. The highest BCUT2D eigenvalue weighted by Gasteiger charge is 2.34. The van der Waals surface area contributed by atoms with E-state index in [1.54, 1.807) is 11.4 Å². The molecule has 63 heavy (non-hydrogen) atoms. The summed E-state index contributed by atoms with van der Waals surface area (Å²) in [7, 11) is 4.56. The van der Waals surface area contributed by atoms with E-state index in [-0.39, 0.29) is 0 Å². The van der Waals surface area contributed by atoms with Gasteiger partial charge in [0.25, 0.3) is 0 Å². The Labute approximate surface area is 387 Å². The van der Waals surface area contributed by atoms with Crippen LogP contribution >= 0.6 is 0 Å². The van der Waals surface area contributed by atoms with Crippen molar-refractivity contribution in [1.82, 2.24) is 19.8 Å². The van der Waals surface area contributed by atoms with Crippen molar-refractivity contribution in [2.24, 2.45) is 17.8 Å². The minimum Gasteiger partial charge on any atom is -0.381 e. The Kier molecular flexibility index (Phi) is 18.8. The maximum Gasteiger partial charge on any atom is 0.0811 e. The van der Waals surface area contributed by atoms with Crippen molar-refractivity contribution >= 4 is 0 Å². The summed E-state index contributed by atoms with van der Waals surface area (Å²) in [5, 5.41) is 2.32. The number of hydrogen-bond donors (Lipinski definition) is 0. The molecule has 6 aliphatic rings. The number of hydrogen-bond acceptors (Lipinski definition) is 5. The van der Waals surface area contributed by atoms with Crippen LogP contribution < -0.4 is 0 Å². The van der Waals surface area contributed by atoms with E-state index < -0.39 is 0 Å². The lowest BCUT2D eigenvalue weighted by Crippen LogP contribution is -2.43. The van der Waals surface area contributed by atoms with Gasteiger partial charge in [-0.1, -0.05) is 114 Å². The molecular formula is C58H90N4O. The second-order valence-electron chi connectivity index (χ2n) is 20.9. The van der Waals surface area contributed by atoms with Crippen LogP contribution in [0.3, 0.4) is 0 Å². The van der Waals surface area contributed by atoms with Crippen molar-refractivity contribution in [3.05, 3.63) is 117 Å². The average Bonchev–Trinajstić information content (AvgIpc) is 3.66. The van der Waals surface area contributed by atoms with Gasteiger partial charge in [0.2, 0.25) is 0 Å². The summed E-state index contributed by atoms with van der Waals surface area (Å²) in [4.78, 5) is 15.1. The van der Waals surface area contributed by atoms with E-state index in [2.05, 4.69) is 150 Å². The molecule has 0 N–H and O–H groups in total. The van der Waals surface area contributed by atoms with Crippen LogP contribution in [0.2, 0.25) is 0 Å². The molecule has 6 rings (SSSR count). The van der Waals surface area contributed by atoms with Crippen LogP contribution in [0, 0.1) is 17.8 Å². The van der Waals surface area contributed by atoms with E-state index in [9.17, 15) is 0 Å². The van der Waals surface area contributed by atoms with Crippen molar-refractivity contribution in [1.29, 1.82) is 0 Å². The van der Waals surface area contributed by atoms with Crippen LogP contribution in [-0.2, 0) is 4.84 Å².